The van der Waals surface area contributed by atoms with Gasteiger partial charge in [0.2, 0.25) is 11.4 Å². The molecule has 3 aromatic rings. The molecule has 0 saturated carbocycles. The van der Waals surface area contributed by atoms with E-state index in [-0.39, 0.29) is 17.4 Å². The van der Waals surface area contributed by atoms with Crippen molar-refractivity contribution in [2.75, 3.05) is 13.1 Å². The number of carbonyl (C=O) groups excluding carboxylic acids is 1. The summed E-state index contributed by atoms with van der Waals surface area (Å²) in [5, 5.41) is 0. The fourth-order valence-corrected chi connectivity index (χ4v) is 3.46. The summed E-state index contributed by atoms with van der Waals surface area (Å²) in [6, 6.07) is 6.59. The first-order valence-corrected chi connectivity index (χ1v) is 9.50. The van der Waals surface area contributed by atoms with Crippen molar-refractivity contribution in [2.24, 2.45) is 0 Å². The number of piperidine rings is 1. The lowest BCUT2D eigenvalue weighted by Crippen LogP contribution is -2.38. The number of H-pyrrole nitrogens is 1. The number of pyridine rings is 2. The monoisotopic (exact) mass is 391 g/mol. The second kappa shape index (κ2) is 8.22. The van der Waals surface area contributed by atoms with Gasteiger partial charge in [-0.2, -0.15) is 0 Å². The number of ether oxygens (including phenoxy) is 1. The van der Waals surface area contributed by atoms with Crippen molar-refractivity contribution in [3.8, 4) is 11.6 Å². The van der Waals surface area contributed by atoms with E-state index in [1.165, 1.54) is 12.3 Å². The van der Waals surface area contributed by atoms with Crippen molar-refractivity contribution in [3.63, 3.8) is 0 Å². The molecule has 8 heteroatoms. The first kappa shape index (κ1) is 18.8. The van der Waals surface area contributed by atoms with Crippen LogP contribution in [0.4, 0.5) is 0 Å². The number of amides is 1. The van der Waals surface area contributed by atoms with Crippen LogP contribution in [0.3, 0.4) is 0 Å². The molecule has 0 aromatic carbocycles. The summed E-state index contributed by atoms with van der Waals surface area (Å²) in [4.78, 5) is 41.3. The standard InChI is InChI=1S/C21H21N5O3/c1-14-17(3-2-8-22-14)29-20-19(23-9-10-24-20)15-6-11-26(12-7-15)21(28)16-4-5-18(27)25-13-16/h2-5,8-10,13,15H,6-7,11-12H2,1H3,(H,25,27). The molecule has 8 nitrogen and oxygen atoms in total. The van der Waals surface area contributed by atoms with Crippen molar-refractivity contribution in [3.05, 3.63) is 76.4 Å². The van der Waals surface area contributed by atoms with Gasteiger partial charge < -0.3 is 14.6 Å². The molecular formula is C21H21N5O3. The van der Waals surface area contributed by atoms with Crippen LogP contribution in [0.15, 0.2) is 53.8 Å². The van der Waals surface area contributed by atoms with E-state index in [0.717, 1.165) is 24.2 Å². The molecule has 0 spiro atoms. The largest absolute Gasteiger partial charge is 0.435 e. The van der Waals surface area contributed by atoms with Crippen molar-refractivity contribution >= 4 is 5.91 Å². The molecule has 0 atom stereocenters. The van der Waals surface area contributed by atoms with Crippen molar-refractivity contribution in [1.29, 1.82) is 0 Å². The number of hydrogen-bond acceptors (Lipinski definition) is 6. The summed E-state index contributed by atoms with van der Waals surface area (Å²) in [6.45, 7) is 3.08. The first-order valence-electron chi connectivity index (χ1n) is 9.50. The maximum atomic E-state index is 12.6. The average Bonchev–Trinajstić information content (AvgIpc) is 2.76. The molecule has 3 aromatic heterocycles. The zero-order chi connectivity index (χ0) is 20.2. The molecule has 0 aliphatic carbocycles. The van der Waals surface area contributed by atoms with E-state index in [4.69, 9.17) is 4.74 Å². The quantitative estimate of drug-likeness (QED) is 0.734. The summed E-state index contributed by atoms with van der Waals surface area (Å²) in [7, 11) is 0. The van der Waals surface area contributed by atoms with E-state index in [9.17, 15) is 9.59 Å². The van der Waals surface area contributed by atoms with Crippen molar-refractivity contribution in [1.82, 2.24) is 24.8 Å². The molecule has 1 fully saturated rings. The molecule has 4 heterocycles. The second-order valence-electron chi connectivity index (χ2n) is 6.94. The van der Waals surface area contributed by atoms with E-state index in [1.54, 1.807) is 29.6 Å². The summed E-state index contributed by atoms with van der Waals surface area (Å²) in [5.74, 6) is 1.20. The highest BCUT2D eigenvalue weighted by Gasteiger charge is 2.28. The summed E-state index contributed by atoms with van der Waals surface area (Å²) < 4.78 is 6.00. The fourth-order valence-electron chi connectivity index (χ4n) is 3.46. The number of aromatic amines is 1. The minimum Gasteiger partial charge on any atom is -0.435 e. The van der Waals surface area contributed by atoms with Gasteiger partial charge in [0, 0.05) is 49.9 Å². The highest BCUT2D eigenvalue weighted by atomic mass is 16.5. The zero-order valence-corrected chi connectivity index (χ0v) is 16.0. The molecule has 1 aliphatic rings. The number of hydrogen-bond donors (Lipinski definition) is 1. The summed E-state index contributed by atoms with van der Waals surface area (Å²) in [5.41, 5.74) is 1.84. The molecule has 1 amide bonds. The van der Waals surface area contributed by atoms with Crippen LogP contribution in [0.2, 0.25) is 0 Å². The zero-order valence-electron chi connectivity index (χ0n) is 16.0. The molecule has 4 rings (SSSR count). The fraction of sp³-hybridized carbons (Fsp3) is 0.286. The maximum absolute atomic E-state index is 12.6. The van der Waals surface area contributed by atoms with Crippen LogP contribution >= 0.6 is 0 Å². The average molecular weight is 391 g/mol. The Morgan fingerprint density at radius 1 is 1.10 bits per heavy atom. The molecule has 0 bridgehead atoms. The first-order chi connectivity index (χ1) is 14.1. The maximum Gasteiger partial charge on any atom is 0.255 e. The van der Waals surface area contributed by atoms with Gasteiger partial charge in [0.15, 0.2) is 5.75 Å². The predicted octanol–water partition coefficient (Wildman–Crippen LogP) is 2.68. The van der Waals surface area contributed by atoms with Crippen LogP contribution < -0.4 is 10.3 Å². The van der Waals surface area contributed by atoms with Crippen molar-refractivity contribution in [2.45, 2.75) is 25.7 Å². The van der Waals surface area contributed by atoms with Crippen molar-refractivity contribution < 1.29 is 9.53 Å². The van der Waals surface area contributed by atoms with Gasteiger partial charge in [-0.25, -0.2) is 4.98 Å². The van der Waals surface area contributed by atoms with E-state index < -0.39 is 0 Å². The Kier molecular flexibility index (Phi) is 5.33. The third kappa shape index (κ3) is 4.16. The Morgan fingerprint density at radius 3 is 2.62 bits per heavy atom. The number of nitrogens with one attached hydrogen (secondary N) is 1. The number of aromatic nitrogens is 4. The Hall–Kier alpha value is -3.55. The van der Waals surface area contributed by atoms with Gasteiger partial charge in [-0.3, -0.25) is 19.6 Å². The lowest BCUT2D eigenvalue weighted by molar-refractivity contribution is 0.0711. The van der Waals surface area contributed by atoms with E-state index >= 15 is 0 Å². The predicted molar refractivity (Wildman–Crippen MR) is 106 cm³/mol. The SMILES string of the molecule is Cc1ncccc1Oc1nccnc1C1CCN(C(=O)c2ccc(=O)[nH]c2)CC1. The van der Waals surface area contributed by atoms with Gasteiger partial charge in [0.1, 0.15) is 5.69 Å². The van der Waals surface area contributed by atoms with Gasteiger partial charge in [-0.1, -0.05) is 0 Å². The van der Waals surface area contributed by atoms with Crippen LogP contribution in [0.5, 0.6) is 11.6 Å². The van der Waals surface area contributed by atoms with Gasteiger partial charge in [-0.05, 0) is 38.0 Å². The normalized spacial score (nSPS) is 14.6. The molecule has 148 valence electrons. The lowest BCUT2D eigenvalue weighted by atomic mass is 9.93. The number of carbonyl (C=O) groups is 1. The third-order valence-electron chi connectivity index (χ3n) is 5.06. The van der Waals surface area contributed by atoms with Gasteiger partial charge in [0.25, 0.3) is 5.91 Å². The molecule has 29 heavy (non-hydrogen) atoms. The summed E-state index contributed by atoms with van der Waals surface area (Å²) in [6.07, 6.45) is 7.97. The molecule has 1 aliphatic heterocycles. The molecule has 0 unspecified atom stereocenters. The van der Waals surface area contributed by atoms with Crippen LogP contribution in [0.25, 0.3) is 0 Å². The third-order valence-corrected chi connectivity index (χ3v) is 5.06. The highest BCUT2D eigenvalue weighted by Crippen LogP contribution is 2.34. The molecule has 1 N–H and O–H groups in total. The highest BCUT2D eigenvalue weighted by molar-refractivity contribution is 5.93. The topological polar surface area (TPSA) is 101 Å². The summed E-state index contributed by atoms with van der Waals surface area (Å²) >= 11 is 0. The molecular weight excluding hydrogens is 370 g/mol. The second-order valence-corrected chi connectivity index (χ2v) is 6.94. The Morgan fingerprint density at radius 2 is 1.90 bits per heavy atom. The lowest BCUT2D eigenvalue weighted by Gasteiger charge is -2.32. The minimum absolute atomic E-state index is 0.0821. The van der Waals surface area contributed by atoms with Gasteiger partial charge in [-0.15, -0.1) is 0 Å². The molecule has 0 radical (unpaired) electrons. The van der Waals surface area contributed by atoms with Crippen LogP contribution in [0, 0.1) is 6.92 Å². The van der Waals surface area contributed by atoms with E-state index in [2.05, 4.69) is 19.9 Å². The number of nitrogens with zero attached hydrogens (tertiary/aromatic N) is 4. The number of aryl methyl sites for hydroxylation is 1. The Balaban J connectivity index is 1.46. The Bertz CT molecular complexity index is 1050. The van der Waals surface area contributed by atoms with Gasteiger partial charge in [0.05, 0.1) is 11.3 Å². The van der Waals surface area contributed by atoms with Gasteiger partial charge >= 0.3 is 0 Å². The molecule has 1 saturated heterocycles. The van der Waals surface area contributed by atoms with Crippen LogP contribution in [-0.4, -0.2) is 43.8 Å². The van der Waals surface area contributed by atoms with E-state index in [0.29, 0.717) is 30.3 Å². The van der Waals surface area contributed by atoms with Crippen LogP contribution in [-0.2, 0) is 0 Å². The Labute approximate surface area is 167 Å². The van der Waals surface area contributed by atoms with E-state index in [1.807, 2.05) is 19.1 Å². The van der Waals surface area contributed by atoms with Crippen LogP contribution in [0.1, 0.15) is 40.5 Å². The number of likely N-dealkylation sites (tertiary alicyclic amines) is 1. The number of rotatable bonds is 4. The minimum atomic E-state index is -0.223. The smallest absolute Gasteiger partial charge is 0.255 e.